The molecule has 19 heavy (non-hydrogen) atoms. The molecule has 4 nitrogen and oxygen atoms in total. The van der Waals surface area contributed by atoms with Crippen LogP contribution in [0.5, 0.6) is 5.75 Å². The molecule has 1 N–H and O–H groups in total. The number of halogens is 1. The van der Waals surface area contributed by atoms with Gasteiger partial charge in [-0.2, -0.15) is 0 Å². The molecular formula is C14H19ClO4. The first-order valence-electron chi connectivity index (χ1n) is 6.05. The maximum Gasteiger partial charge on any atom is 0.347 e. The van der Waals surface area contributed by atoms with Gasteiger partial charge in [-0.05, 0) is 36.1 Å². The van der Waals surface area contributed by atoms with E-state index in [-0.39, 0.29) is 12.5 Å². The van der Waals surface area contributed by atoms with Crippen LogP contribution in [0.4, 0.5) is 0 Å². The number of hydrogen-bond acceptors (Lipinski definition) is 3. The summed E-state index contributed by atoms with van der Waals surface area (Å²) in [5.74, 6) is -0.324. The smallest absolute Gasteiger partial charge is 0.347 e. The summed E-state index contributed by atoms with van der Waals surface area (Å²) >= 11 is 6.09. The third kappa shape index (κ3) is 4.11. The molecular weight excluding hydrogens is 268 g/mol. The zero-order chi connectivity index (χ0) is 14.6. The lowest BCUT2D eigenvalue weighted by atomic mass is 10.0. The van der Waals surface area contributed by atoms with E-state index in [1.54, 1.807) is 6.07 Å². The van der Waals surface area contributed by atoms with Gasteiger partial charge in [-0.15, -0.1) is 0 Å². The Balaban J connectivity index is 3.10. The third-order valence-corrected chi connectivity index (χ3v) is 3.18. The van der Waals surface area contributed by atoms with Crippen LogP contribution in [-0.2, 0) is 9.53 Å². The van der Waals surface area contributed by atoms with Gasteiger partial charge in [0.25, 0.3) is 0 Å². The van der Waals surface area contributed by atoms with E-state index in [1.807, 2.05) is 26.8 Å². The fourth-order valence-electron chi connectivity index (χ4n) is 1.68. The van der Waals surface area contributed by atoms with Crippen molar-refractivity contribution in [3.8, 4) is 5.75 Å². The van der Waals surface area contributed by atoms with Gasteiger partial charge in [0.2, 0.25) is 6.10 Å². The highest BCUT2D eigenvalue weighted by Gasteiger charge is 2.22. The molecule has 1 rings (SSSR count). The van der Waals surface area contributed by atoms with E-state index < -0.39 is 12.1 Å². The third-order valence-electron chi connectivity index (χ3n) is 2.78. The molecule has 0 spiro atoms. The normalized spacial score (nSPS) is 12.5. The van der Waals surface area contributed by atoms with E-state index in [9.17, 15) is 4.79 Å². The average Bonchev–Trinajstić information content (AvgIpc) is 2.32. The van der Waals surface area contributed by atoms with Gasteiger partial charge in [-0.1, -0.05) is 25.4 Å². The van der Waals surface area contributed by atoms with Crippen LogP contribution in [-0.4, -0.2) is 30.9 Å². The van der Waals surface area contributed by atoms with Crippen LogP contribution in [0, 0.1) is 6.92 Å². The summed E-state index contributed by atoms with van der Waals surface area (Å²) in [5.41, 5.74) is 1.74. The summed E-state index contributed by atoms with van der Waals surface area (Å²) in [6, 6.07) is 3.59. The first-order chi connectivity index (χ1) is 8.86. The van der Waals surface area contributed by atoms with E-state index in [2.05, 4.69) is 0 Å². The molecule has 0 aliphatic rings. The van der Waals surface area contributed by atoms with E-state index >= 15 is 0 Å². The van der Waals surface area contributed by atoms with Crippen molar-refractivity contribution in [2.24, 2.45) is 0 Å². The largest absolute Gasteiger partial charge is 0.478 e. The second kappa shape index (κ2) is 6.78. The summed E-state index contributed by atoms with van der Waals surface area (Å²) < 4.78 is 10.4. The number of methoxy groups -OCH3 is 1. The van der Waals surface area contributed by atoms with Gasteiger partial charge >= 0.3 is 5.97 Å². The summed E-state index contributed by atoms with van der Waals surface area (Å²) in [4.78, 5) is 11.1. The number of carboxylic acids is 1. The molecule has 0 amide bonds. The van der Waals surface area contributed by atoms with Crippen molar-refractivity contribution in [2.45, 2.75) is 32.8 Å². The Morgan fingerprint density at radius 3 is 2.53 bits per heavy atom. The minimum Gasteiger partial charge on any atom is -0.478 e. The number of carboxylic acid groups (broad SMARTS) is 1. The van der Waals surface area contributed by atoms with Crippen molar-refractivity contribution < 1.29 is 19.4 Å². The van der Waals surface area contributed by atoms with Crippen molar-refractivity contribution in [1.82, 2.24) is 0 Å². The van der Waals surface area contributed by atoms with Gasteiger partial charge in [0, 0.05) is 12.1 Å². The molecule has 0 bridgehead atoms. The molecule has 0 saturated heterocycles. The molecule has 1 unspecified atom stereocenters. The Hall–Kier alpha value is -1.26. The Morgan fingerprint density at radius 1 is 1.42 bits per heavy atom. The van der Waals surface area contributed by atoms with Crippen LogP contribution in [0.15, 0.2) is 12.1 Å². The molecule has 0 aromatic heterocycles. The van der Waals surface area contributed by atoms with Gasteiger partial charge < -0.3 is 14.6 Å². The SMILES string of the molecule is COCC(Oc1cc(C)c(Cl)cc1C(C)C)C(=O)O. The second-order valence-corrected chi connectivity index (χ2v) is 5.10. The topological polar surface area (TPSA) is 55.8 Å². The minimum atomic E-state index is -1.05. The predicted molar refractivity (Wildman–Crippen MR) is 74.2 cm³/mol. The Bertz CT molecular complexity index is 457. The zero-order valence-electron chi connectivity index (χ0n) is 11.6. The number of rotatable bonds is 6. The lowest BCUT2D eigenvalue weighted by Gasteiger charge is -2.19. The van der Waals surface area contributed by atoms with E-state index in [1.165, 1.54) is 7.11 Å². The average molecular weight is 287 g/mol. The van der Waals surface area contributed by atoms with E-state index in [0.717, 1.165) is 11.1 Å². The molecule has 5 heteroatoms. The van der Waals surface area contributed by atoms with Crippen LogP contribution in [0.3, 0.4) is 0 Å². The van der Waals surface area contributed by atoms with Crippen molar-refractivity contribution in [3.05, 3.63) is 28.3 Å². The number of benzene rings is 1. The van der Waals surface area contributed by atoms with E-state index in [4.69, 9.17) is 26.2 Å². The molecule has 1 atom stereocenters. The maximum atomic E-state index is 11.1. The highest BCUT2D eigenvalue weighted by Crippen LogP contribution is 2.32. The highest BCUT2D eigenvalue weighted by molar-refractivity contribution is 6.31. The molecule has 0 heterocycles. The van der Waals surface area contributed by atoms with Crippen molar-refractivity contribution in [1.29, 1.82) is 0 Å². The van der Waals surface area contributed by atoms with Crippen LogP contribution >= 0.6 is 11.6 Å². The molecule has 0 radical (unpaired) electrons. The van der Waals surface area contributed by atoms with Gasteiger partial charge in [0.05, 0.1) is 6.61 Å². The number of aryl methyl sites for hydroxylation is 1. The van der Waals surface area contributed by atoms with Crippen molar-refractivity contribution in [3.63, 3.8) is 0 Å². The van der Waals surface area contributed by atoms with Crippen molar-refractivity contribution >= 4 is 17.6 Å². The molecule has 0 aliphatic carbocycles. The quantitative estimate of drug-likeness (QED) is 0.872. The molecule has 0 saturated carbocycles. The molecule has 106 valence electrons. The summed E-state index contributed by atoms with van der Waals surface area (Å²) in [7, 11) is 1.44. The zero-order valence-corrected chi connectivity index (χ0v) is 12.3. The minimum absolute atomic E-state index is 0.00541. The number of hydrogen-bond donors (Lipinski definition) is 1. The summed E-state index contributed by atoms with van der Waals surface area (Å²) in [6.07, 6.45) is -1.02. The standard InChI is InChI=1S/C14H19ClO4/c1-8(2)10-6-11(15)9(3)5-12(10)19-13(7-18-4)14(16)17/h5-6,8,13H,7H2,1-4H3,(H,16,17). The predicted octanol–water partition coefficient (Wildman–Crippen LogP) is 3.25. The monoisotopic (exact) mass is 286 g/mol. The Kier molecular flexibility index (Phi) is 5.63. The molecule has 1 aromatic rings. The van der Waals surface area contributed by atoms with Gasteiger partial charge in [-0.3, -0.25) is 0 Å². The van der Waals surface area contributed by atoms with E-state index in [0.29, 0.717) is 10.8 Å². The fourth-order valence-corrected chi connectivity index (χ4v) is 1.86. The molecule has 0 fully saturated rings. The van der Waals surface area contributed by atoms with Crippen LogP contribution in [0.2, 0.25) is 5.02 Å². The Morgan fingerprint density at radius 2 is 2.05 bits per heavy atom. The summed E-state index contributed by atoms with van der Waals surface area (Å²) in [5, 5.41) is 9.74. The fraction of sp³-hybridized carbons (Fsp3) is 0.500. The number of ether oxygens (including phenoxy) is 2. The van der Waals surface area contributed by atoms with Crippen molar-refractivity contribution in [2.75, 3.05) is 13.7 Å². The van der Waals surface area contributed by atoms with Crippen LogP contribution in [0.25, 0.3) is 0 Å². The molecule has 0 aliphatic heterocycles. The summed E-state index contributed by atoms with van der Waals surface area (Å²) in [6.45, 7) is 5.85. The maximum absolute atomic E-state index is 11.1. The highest BCUT2D eigenvalue weighted by atomic mass is 35.5. The first-order valence-corrected chi connectivity index (χ1v) is 6.43. The lowest BCUT2D eigenvalue weighted by Crippen LogP contribution is -2.32. The van der Waals surface area contributed by atoms with Gasteiger partial charge in [0.15, 0.2) is 0 Å². The van der Waals surface area contributed by atoms with Gasteiger partial charge in [-0.25, -0.2) is 4.79 Å². The molecule has 1 aromatic carbocycles. The number of carbonyl (C=O) groups is 1. The lowest BCUT2D eigenvalue weighted by molar-refractivity contribution is -0.147. The van der Waals surface area contributed by atoms with Crippen LogP contribution in [0.1, 0.15) is 30.9 Å². The second-order valence-electron chi connectivity index (χ2n) is 4.69. The van der Waals surface area contributed by atoms with Crippen LogP contribution < -0.4 is 4.74 Å². The van der Waals surface area contributed by atoms with Gasteiger partial charge in [0.1, 0.15) is 5.75 Å². The Labute approximate surface area is 118 Å². The number of aliphatic carboxylic acids is 1. The first kappa shape index (κ1) is 15.8.